The first kappa shape index (κ1) is 10.7. The van der Waals surface area contributed by atoms with E-state index in [1.54, 1.807) is 0 Å². The third kappa shape index (κ3) is 1.93. The van der Waals surface area contributed by atoms with E-state index in [1.807, 2.05) is 0 Å². The van der Waals surface area contributed by atoms with Gasteiger partial charge in [0.1, 0.15) is 0 Å². The number of carboxylic acids is 1. The zero-order valence-corrected chi connectivity index (χ0v) is 9.00. The highest BCUT2D eigenvalue weighted by atomic mass is 16.5. The second kappa shape index (κ2) is 4.35. The Kier molecular flexibility index (Phi) is 3.10. The van der Waals surface area contributed by atoms with E-state index in [-0.39, 0.29) is 0 Å². The van der Waals surface area contributed by atoms with E-state index in [2.05, 4.69) is 6.08 Å². The molecule has 0 amide bonds. The highest BCUT2D eigenvalue weighted by Gasteiger charge is 2.43. The summed E-state index contributed by atoms with van der Waals surface area (Å²) < 4.78 is 5.28. The zero-order chi connectivity index (χ0) is 10.7. The molecule has 0 aromatic rings. The molecule has 3 nitrogen and oxygen atoms in total. The average Bonchev–Trinajstić information content (AvgIpc) is 2.31. The van der Waals surface area contributed by atoms with Crippen molar-refractivity contribution in [2.24, 2.45) is 5.41 Å². The molecule has 2 aliphatic rings. The van der Waals surface area contributed by atoms with Gasteiger partial charge in [-0.15, -0.1) is 0 Å². The molecular formula is C12H18O3. The number of ether oxygens (including phenoxy) is 1. The lowest BCUT2D eigenvalue weighted by atomic mass is 9.70. The molecule has 0 aromatic heterocycles. The van der Waals surface area contributed by atoms with E-state index < -0.39 is 11.4 Å². The van der Waals surface area contributed by atoms with Crippen molar-refractivity contribution in [3.8, 4) is 0 Å². The Balaban J connectivity index is 2.24. The second-order valence-corrected chi connectivity index (χ2v) is 4.47. The van der Waals surface area contributed by atoms with Crippen LogP contribution in [0.5, 0.6) is 0 Å². The van der Waals surface area contributed by atoms with E-state index in [4.69, 9.17) is 4.74 Å². The maximum absolute atomic E-state index is 11.5. The number of carboxylic acid groups (broad SMARTS) is 1. The van der Waals surface area contributed by atoms with Gasteiger partial charge in [-0.1, -0.05) is 11.6 Å². The summed E-state index contributed by atoms with van der Waals surface area (Å²) in [7, 11) is 0. The van der Waals surface area contributed by atoms with Gasteiger partial charge < -0.3 is 9.84 Å². The van der Waals surface area contributed by atoms with Gasteiger partial charge in [0.25, 0.3) is 0 Å². The summed E-state index contributed by atoms with van der Waals surface area (Å²) in [5, 5.41) is 9.44. The summed E-state index contributed by atoms with van der Waals surface area (Å²) in [6.07, 6.45) is 7.81. The molecule has 1 aliphatic carbocycles. The number of aliphatic carboxylic acids is 1. The van der Waals surface area contributed by atoms with Gasteiger partial charge >= 0.3 is 5.97 Å². The number of hydrogen-bond donors (Lipinski definition) is 1. The summed E-state index contributed by atoms with van der Waals surface area (Å²) in [5.41, 5.74) is 0.558. The van der Waals surface area contributed by atoms with Crippen LogP contribution in [-0.4, -0.2) is 24.3 Å². The third-order valence-electron chi connectivity index (χ3n) is 3.66. The van der Waals surface area contributed by atoms with E-state index in [0.29, 0.717) is 26.1 Å². The highest BCUT2D eigenvalue weighted by molar-refractivity contribution is 5.78. The maximum atomic E-state index is 11.5. The lowest BCUT2D eigenvalue weighted by molar-refractivity contribution is -0.151. The normalized spacial score (nSPS) is 25.7. The Morgan fingerprint density at radius 3 is 2.60 bits per heavy atom. The van der Waals surface area contributed by atoms with Gasteiger partial charge in [0.05, 0.1) is 5.41 Å². The highest BCUT2D eigenvalue weighted by Crippen LogP contribution is 2.42. The predicted octanol–water partition coefficient (Wildman–Crippen LogP) is 2.37. The van der Waals surface area contributed by atoms with Crippen molar-refractivity contribution in [2.75, 3.05) is 13.2 Å². The first-order valence-corrected chi connectivity index (χ1v) is 5.76. The van der Waals surface area contributed by atoms with Gasteiger partial charge in [0.2, 0.25) is 0 Å². The van der Waals surface area contributed by atoms with E-state index in [1.165, 1.54) is 6.42 Å². The fraction of sp³-hybridized carbons (Fsp3) is 0.750. The second-order valence-electron chi connectivity index (χ2n) is 4.47. The molecule has 0 atom stereocenters. The minimum Gasteiger partial charge on any atom is -0.481 e. The van der Waals surface area contributed by atoms with Crippen LogP contribution in [0.3, 0.4) is 0 Å². The third-order valence-corrected chi connectivity index (χ3v) is 3.66. The lowest BCUT2D eigenvalue weighted by Crippen LogP contribution is -2.39. The van der Waals surface area contributed by atoms with Crippen molar-refractivity contribution in [3.63, 3.8) is 0 Å². The Morgan fingerprint density at radius 2 is 2.07 bits per heavy atom. The number of hydrogen-bond acceptors (Lipinski definition) is 2. The monoisotopic (exact) mass is 210 g/mol. The van der Waals surface area contributed by atoms with Crippen LogP contribution in [0.15, 0.2) is 11.6 Å². The molecule has 0 spiro atoms. The maximum Gasteiger partial charge on any atom is 0.313 e. The molecule has 1 N–H and O–H groups in total. The van der Waals surface area contributed by atoms with Crippen LogP contribution in [-0.2, 0) is 9.53 Å². The quantitative estimate of drug-likeness (QED) is 0.712. The van der Waals surface area contributed by atoms with Gasteiger partial charge in [-0.3, -0.25) is 4.79 Å². The van der Waals surface area contributed by atoms with Crippen molar-refractivity contribution < 1.29 is 14.6 Å². The number of allylic oxidation sites excluding steroid dienone is 1. The van der Waals surface area contributed by atoms with Crippen LogP contribution in [0.25, 0.3) is 0 Å². The van der Waals surface area contributed by atoms with Crippen molar-refractivity contribution in [1.29, 1.82) is 0 Å². The van der Waals surface area contributed by atoms with Gasteiger partial charge in [0.15, 0.2) is 0 Å². The summed E-state index contributed by atoms with van der Waals surface area (Å²) >= 11 is 0. The van der Waals surface area contributed by atoms with Crippen molar-refractivity contribution in [1.82, 2.24) is 0 Å². The van der Waals surface area contributed by atoms with Gasteiger partial charge in [-0.05, 0) is 38.5 Å². The molecule has 2 rings (SSSR count). The first-order chi connectivity index (χ1) is 7.26. The van der Waals surface area contributed by atoms with Crippen molar-refractivity contribution in [2.45, 2.75) is 38.5 Å². The fourth-order valence-corrected chi connectivity index (χ4v) is 2.66. The zero-order valence-electron chi connectivity index (χ0n) is 9.00. The summed E-state index contributed by atoms with van der Waals surface area (Å²) in [6.45, 7) is 1.17. The SMILES string of the molecule is O=C(O)C1(C2=CCCCC2)CCOCC1. The van der Waals surface area contributed by atoms with Gasteiger partial charge in [-0.2, -0.15) is 0 Å². The Morgan fingerprint density at radius 1 is 1.33 bits per heavy atom. The van der Waals surface area contributed by atoms with Crippen molar-refractivity contribution >= 4 is 5.97 Å². The molecule has 1 aliphatic heterocycles. The number of carbonyl (C=O) groups is 1. The summed E-state index contributed by atoms with van der Waals surface area (Å²) in [5.74, 6) is -0.654. The molecule has 15 heavy (non-hydrogen) atoms. The minimum absolute atomic E-state index is 0.587. The molecule has 0 radical (unpaired) electrons. The summed E-state index contributed by atoms with van der Waals surface area (Å²) in [6, 6.07) is 0. The Bertz CT molecular complexity index is 275. The summed E-state index contributed by atoms with van der Waals surface area (Å²) in [4.78, 5) is 11.5. The topological polar surface area (TPSA) is 46.5 Å². The van der Waals surface area contributed by atoms with E-state index >= 15 is 0 Å². The predicted molar refractivity (Wildman–Crippen MR) is 56.7 cm³/mol. The average molecular weight is 210 g/mol. The fourth-order valence-electron chi connectivity index (χ4n) is 2.66. The van der Waals surface area contributed by atoms with E-state index in [9.17, 15) is 9.90 Å². The van der Waals surface area contributed by atoms with Gasteiger partial charge in [-0.25, -0.2) is 0 Å². The van der Waals surface area contributed by atoms with Crippen molar-refractivity contribution in [3.05, 3.63) is 11.6 Å². The molecule has 1 fully saturated rings. The van der Waals surface area contributed by atoms with Crippen LogP contribution >= 0.6 is 0 Å². The molecular weight excluding hydrogens is 192 g/mol. The molecule has 0 bridgehead atoms. The Hall–Kier alpha value is -0.830. The molecule has 0 aromatic carbocycles. The smallest absolute Gasteiger partial charge is 0.313 e. The standard InChI is InChI=1S/C12H18O3/c13-11(14)12(6-8-15-9-7-12)10-4-2-1-3-5-10/h4H,1-3,5-9H2,(H,13,14). The largest absolute Gasteiger partial charge is 0.481 e. The van der Waals surface area contributed by atoms with Crippen LogP contribution in [0, 0.1) is 5.41 Å². The molecule has 1 heterocycles. The van der Waals surface area contributed by atoms with E-state index in [0.717, 1.165) is 24.8 Å². The Labute approximate surface area is 90.1 Å². The first-order valence-electron chi connectivity index (χ1n) is 5.76. The lowest BCUT2D eigenvalue weighted by Gasteiger charge is -2.36. The molecule has 84 valence electrons. The van der Waals surface area contributed by atoms with Crippen LogP contribution in [0.1, 0.15) is 38.5 Å². The van der Waals surface area contributed by atoms with Crippen LogP contribution in [0.4, 0.5) is 0 Å². The molecule has 0 unspecified atom stereocenters. The molecule has 0 saturated carbocycles. The minimum atomic E-state index is -0.654. The molecule has 1 saturated heterocycles. The number of rotatable bonds is 2. The molecule has 3 heteroatoms. The van der Waals surface area contributed by atoms with Gasteiger partial charge in [0, 0.05) is 13.2 Å². The van der Waals surface area contributed by atoms with Crippen LogP contribution < -0.4 is 0 Å². The van der Waals surface area contributed by atoms with Crippen LogP contribution in [0.2, 0.25) is 0 Å².